The molecule has 13 heavy (non-hydrogen) atoms. The lowest BCUT2D eigenvalue weighted by Crippen LogP contribution is -2.16. The van der Waals surface area contributed by atoms with Gasteiger partial charge in [0, 0.05) is 19.7 Å². The first-order valence-corrected chi connectivity index (χ1v) is 4.43. The number of Topliss-reactive ketones (excluding diaryl/α,β-unsaturated/α-hetero) is 1. The fourth-order valence-electron chi connectivity index (χ4n) is 1.12. The third kappa shape index (κ3) is 3.01. The Morgan fingerprint density at radius 2 is 2.15 bits per heavy atom. The van der Waals surface area contributed by atoms with E-state index < -0.39 is 0 Å². The van der Waals surface area contributed by atoms with Crippen LogP contribution in [-0.4, -0.2) is 15.6 Å². The van der Waals surface area contributed by atoms with E-state index in [0.29, 0.717) is 5.69 Å². The summed E-state index contributed by atoms with van der Waals surface area (Å²) in [6, 6.07) is 1.76. The van der Waals surface area contributed by atoms with E-state index >= 15 is 0 Å². The van der Waals surface area contributed by atoms with Gasteiger partial charge in [-0.05, 0) is 11.5 Å². The molecule has 0 atom stereocenters. The van der Waals surface area contributed by atoms with Gasteiger partial charge in [0.15, 0.2) is 5.78 Å². The van der Waals surface area contributed by atoms with Gasteiger partial charge in [-0.1, -0.05) is 20.8 Å². The van der Waals surface area contributed by atoms with Gasteiger partial charge in [0.05, 0.1) is 0 Å². The van der Waals surface area contributed by atoms with Gasteiger partial charge in [-0.3, -0.25) is 9.48 Å². The summed E-state index contributed by atoms with van der Waals surface area (Å²) >= 11 is 0. The average Bonchev–Trinajstić information content (AvgIpc) is 2.31. The van der Waals surface area contributed by atoms with Crippen LogP contribution in [0.4, 0.5) is 0 Å². The van der Waals surface area contributed by atoms with Crippen LogP contribution in [-0.2, 0) is 6.54 Å². The minimum Gasteiger partial charge on any atom is -0.293 e. The van der Waals surface area contributed by atoms with Gasteiger partial charge < -0.3 is 0 Å². The quantitative estimate of drug-likeness (QED) is 0.653. The van der Waals surface area contributed by atoms with Gasteiger partial charge in [-0.2, -0.15) is 5.10 Å². The van der Waals surface area contributed by atoms with Crippen molar-refractivity contribution in [2.75, 3.05) is 0 Å². The third-order valence-electron chi connectivity index (χ3n) is 1.64. The van der Waals surface area contributed by atoms with Crippen LogP contribution in [0.25, 0.3) is 0 Å². The predicted molar refractivity (Wildman–Crippen MR) is 51.7 cm³/mol. The molecule has 1 aromatic heterocycles. The molecule has 0 aliphatic carbocycles. The first-order valence-electron chi connectivity index (χ1n) is 4.43. The maximum absolute atomic E-state index is 10.9. The first kappa shape index (κ1) is 9.96. The zero-order valence-corrected chi connectivity index (χ0v) is 8.66. The van der Waals surface area contributed by atoms with Gasteiger partial charge >= 0.3 is 0 Å². The lowest BCUT2D eigenvalue weighted by molar-refractivity contribution is 0.101. The highest BCUT2D eigenvalue weighted by Gasteiger charge is 2.12. The van der Waals surface area contributed by atoms with Crippen LogP contribution in [0.1, 0.15) is 38.2 Å². The second kappa shape index (κ2) is 3.32. The van der Waals surface area contributed by atoms with Crippen molar-refractivity contribution in [3.8, 4) is 0 Å². The molecule has 0 unspecified atom stereocenters. The van der Waals surface area contributed by atoms with E-state index in [2.05, 4.69) is 25.9 Å². The lowest BCUT2D eigenvalue weighted by Gasteiger charge is -2.17. The summed E-state index contributed by atoms with van der Waals surface area (Å²) < 4.78 is 1.82. The highest BCUT2D eigenvalue weighted by molar-refractivity contribution is 5.91. The summed E-state index contributed by atoms with van der Waals surface area (Å²) in [7, 11) is 0. The molecule has 1 rings (SSSR count). The van der Waals surface area contributed by atoms with Crippen molar-refractivity contribution in [3.63, 3.8) is 0 Å². The first-order chi connectivity index (χ1) is 5.88. The molecule has 0 saturated carbocycles. The zero-order valence-electron chi connectivity index (χ0n) is 8.66. The molecule has 1 aromatic rings. The molecule has 3 nitrogen and oxygen atoms in total. The fraction of sp³-hybridized carbons (Fsp3) is 0.600. The molecule has 0 spiro atoms. The molecule has 0 radical (unpaired) electrons. The van der Waals surface area contributed by atoms with Gasteiger partial charge in [-0.25, -0.2) is 0 Å². The van der Waals surface area contributed by atoms with Crippen LogP contribution in [0.5, 0.6) is 0 Å². The van der Waals surface area contributed by atoms with Gasteiger partial charge in [-0.15, -0.1) is 0 Å². The van der Waals surface area contributed by atoms with E-state index in [1.54, 1.807) is 6.07 Å². The molecule has 0 saturated heterocycles. The predicted octanol–water partition coefficient (Wildman–Crippen LogP) is 2.13. The maximum Gasteiger partial charge on any atom is 0.179 e. The number of ketones is 1. The van der Waals surface area contributed by atoms with Gasteiger partial charge in [0.2, 0.25) is 0 Å². The minimum absolute atomic E-state index is 0.0210. The topological polar surface area (TPSA) is 34.9 Å². The number of hydrogen-bond donors (Lipinski definition) is 0. The van der Waals surface area contributed by atoms with Crippen LogP contribution in [0.2, 0.25) is 0 Å². The Labute approximate surface area is 78.8 Å². The molecule has 0 bridgehead atoms. The molecule has 0 amide bonds. The number of hydrogen-bond acceptors (Lipinski definition) is 2. The Hall–Kier alpha value is -1.12. The molecular weight excluding hydrogens is 164 g/mol. The van der Waals surface area contributed by atoms with Crippen molar-refractivity contribution in [3.05, 3.63) is 18.0 Å². The second-order valence-corrected chi connectivity index (χ2v) is 4.52. The number of aromatic nitrogens is 2. The Bertz CT molecular complexity index is 307. The van der Waals surface area contributed by atoms with Crippen LogP contribution in [0.15, 0.2) is 12.3 Å². The largest absolute Gasteiger partial charge is 0.293 e. The van der Waals surface area contributed by atoms with Gasteiger partial charge in [0.25, 0.3) is 0 Å². The molecule has 0 N–H and O–H groups in total. The average molecular weight is 180 g/mol. The summed E-state index contributed by atoms with van der Waals surface area (Å²) in [5.41, 5.74) is 0.740. The Balaban J connectivity index is 2.75. The molecule has 0 aromatic carbocycles. The van der Waals surface area contributed by atoms with Gasteiger partial charge in [0.1, 0.15) is 5.69 Å². The zero-order chi connectivity index (χ0) is 10.1. The van der Waals surface area contributed by atoms with Crippen molar-refractivity contribution in [1.29, 1.82) is 0 Å². The highest BCUT2D eigenvalue weighted by atomic mass is 16.1. The van der Waals surface area contributed by atoms with E-state index in [0.717, 1.165) is 6.54 Å². The Morgan fingerprint density at radius 3 is 2.54 bits per heavy atom. The molecule has 0 aliphatic heterocycles. The highest BCUT2D eigenvalue weighted by Crippen LogP contribution is 2.15. The van der Waals surface area contributed by atoms with Crippen LogP contribution in [0, 0.1) is 5.41 Å². The Morgan fingerprint density at radius 1 is 1.54 bits per heavy atom. The Kier molecular flexibility index (Phi) is 2.55. The van der Waals surface area contributed by atoms with E-state index in [1.807, 2.05) is 10.9 Å². The number of nitrogens with zero attached hydrogens (tertiary/aromatic N) is 2. The lowest BCUT2D eigenvalue weighted by atomic mass is 9.97. The van der Waals surface area contributed by atoms with Crippen LogP contribution in [0.3, 0.4) is 0 Å². The normalized spacial score (nSPS) is 11.7. The number of carbonyl (C=O) groups is 1. The maximum atomic E-state index is 10.9. The van der Waals surface area contributed by atoms with Crippen molar-refractivity contribution >= 4 is 5.78 Å². The summed E-state index contributed by atoms with van der Waals surface area (Å²) in [5.74, 6) is 0.0210. The molecule has 3 heteroatoms. The summed E-state index contributed by atoms with van der Waals surface area (Å²) in [6.07, 6.45) is 1.85. The number of carbonyl (C=O) groups excluding carboxylic acids is 1. The number of rotatable bonds is 2. The SMILES string of the molecule is CC(=O)c1ccn(CC(C)(C)C)n1. The monoisotopic (exact) mass is 180 g/mol. The second-order valence-electron chi connectivity index (χ2n) is 4.52. The van der Waals surface area contributed by atoms with E-state index in [9.17, 15) is 4.79 Å². The molecule has 0 fully saturated rings. The van der Waals surface area contributed by atoms with Crippen molar-refractivity contribution in [2.45, 2.75) is 34.2 Å². The molecular formula is C10H16N2O. The molecule has 1 heterocycles. The van der Waals surface area contributed by atoms with Crippen molar-refractivity contribution < 1.29 is 4.79 Å². The minimum atomic E-state index is 0.0210. The summed E-state index contributed by atoms with van der Waals surface area (Å²) in [4.78, 5) is 10.9. The van der Waals surface area contributed by atoms with Crippen molar-refractivity contribution in [1.82, 2.24) is 9.78 Å². The van der Waals surface area contributed by atoms with Crippen LogP contribution >= 0.6 is 0 Å². The standard InChI is InChI=1S/C10H16N2O/c1-8(13)9-5-6-12(11-9)7-10(2,3)4/h5-6H,7H2,1-4H3. The van der Waals surface area contributed by atoms with E-state index in [-0.39, 0.29) is 11.2 Å². The molecule has 0 aliphatic rings. The van der Waals surface area contributed by atoms with E-state index in [1.165, 1.54) is 6.92 Å². The molecule has 72 valence electrons. The fourth-order valence-corrected chi connectivity index (χ4v) is 1.12. The van der Waals surface area contributed by atoms with Crippen molar-refractivity contribution in [2.24, 2.45) is 5.41 Å². The summed E-state index contributed by atoms with van der Waals surface area (Å²) in [5, 5.41) is 4.16. The summed E-state index contributed by atoms with van der Waals surface area (Å²) in [6.45, 7) is 8.79. The van der Waals surface area contributed by atoms with E-state index in [4.69, 9.17) is 0 Å². The van der Waals surface area contributed by atoms with Crippen LogP contribution < -0.4 is 0 Å². The smallest absolute Gasteiger partial charge is 0.179 e. The third-order valence-corrected chi connectivity index (χ3v) is 1.64.